The summed E-state index contributed by atoms with van der Waals surface area (Å²) in [7, 11) is 0. The molecule has 13 heavy (non-hydrogen) atoms. The Bertz CT molecular complexity index is 297. The maximum absolute atomic E-state index is 11.1. The van der Waals surface area contributed by atoms with Gasteiger partial charge in [0.2, 0.25) is 0 Å². The van der Waals surface area contributed by atoms with Gasteiger partial charge in [0.15, 0.2) is 5.78 Å². The number of hydrogen-bond acceptors (Lipinski definition) is 3. The number of ether oxygens (including phenoxy) is 1. The van der Waals surface area contributed by atoms with Crippen LogP contribution in [-0.4, -0.2) is 17.4 Å². The summed E-state index contributed by atoms with van der Waals surface area (Å²) in [6.45, 7) is 4.16. The van der Waals surface area contributed by atoms with Gasteiger partial charge < -0.3 is 4.74 Å². The molecule has 0 radical (unpaired) electrons. The van der Waals surface area contributed by atoms with Crippen LogP contribution < -0.4 is 4.74 Å². The number of aromatic nitrogens is 1. The zero-order chi connectivity index (χ0) is 9.68. The lowest BCUT2D eigenvalue weighted by atomic mass is 10.2. The number of nitrogens with zero attached hydrogens (tertiary/aromatic N) is 1. The largest absolute Gasteiger partial charge is 0.493 e. The minimum Gasteiger partial charge on any atom is -0.493 e. The minimum atomic E-state index is -0.0146. The molecule has 70 valence electrons. The van der Waals surface area contributed by atoms with Crippen molar-refractivity contribution in [2.24, 2.45) is 0 Å². The molecular weight excluding hydrogens is 166 g/mol. The van der Waals surface area contributed by atoms with E-state index in [0.717, 1.165) is 6.42 Å². The van der Waals surface area contributed by atoms with Gasteiger partial charge >= 0.3 is 0 Å². The van der Waals surface area contributed by atoms with Crippen molar-refractivity contribution in [3.63, 3.8) is 0 Å². The maximum atomic E-state index is 11.1. The van der Waals surface area contributed by atoms with Crippen molar-refractivity contribution in [2.45, 2.75) is 20.3 Å². The van der Waals surface area contributed by atoms with E-state index in [4.69, 9.17) is 4.74 Å². The molecule has 0 spiro atoms. The standard InChI is InChI=1S/C10H13NO2/c1-3-6-13-10-4-5-11-7-9(10)8(2)12/h4-5,7H,3,6H2,1-2H3. The summed E-state index contributed by atoms with van der Waals surface area (Å²) in [4.78, 5) is 15.0. The molecule has 0 saturated heterocycles. The van der Waals surface area contributed by atoms with E-state index in [-0.39, 0.29) is 5.78 Å². The van der Waals surface area contributed by atoms with Gasteiger partial charge in [0.1, 0.15) is 5.75 Å². The third-order valence-electron chi connectivity index (χ3n) is 1.62. The number of Topliss-reactive ketones (excluding diaryl/α,β-unsaturated/α-hetero) is 1. The Morgan fingerprint density at radius 1 is 1.62 bits per heavy atom. The van der Waals surface area contributed by atoms with Crippen molar-refractivity contribution in [1.82, 2.24) is 4.98 Å². The Labute approximate surface area is 77.8 Å². The minimum absolute atomic E-state index is 0.0146. The number of carbonyl (C=O) groups is 1. The predicted molar refractivity (Wildman–Crippen MR) is 50.0 cm³/mol. The zero-order valence-corrected chi connectivity index (χ0v) is 7.91. The first-order valence-corrected chi connectivity index (χ1v) is 4.33. The van der Waals surface area contributed by atoms with E-state index in [9.17, 15) is 4.79 Å². The van der Waals surface area contributed by atoms with Crippen LogP contribution >= 0.6 is 0 Å². The molecule has 0 fully saturated rings. The summed E-state index contributed by atoms with van der Waals surface area (Å²) in [6, 6.07) is 1.71. The summed E-state index contributed by atoms with van der Waals surface area (Å²) in [6.07, 6.45) is 4.09. The number of rotatable bonds is 4. The fourth-order valence-electron chi connectivity index (χ4n) is 0.984. The molecule has 0 unspecified atom stereocenters. The SMILES string of the molecule is CCCOc1ccncc1C(C)=O. The van der Waals surface area contributed by atoms with Crippen LogP contribution in [0.15, 0.2) is 18.5 Å². The lowest BCUT2D eigenvalue weighted by molar-refractivity contribution is 0.101. The van der Waals surface area contributed by atoms with Crippen LogP contribution in [0.3, 0.4) is 0 Å². The first-order chi connectivity index (χ1) is 6.25. The topological polar surface area (TPSA) is 39.2 Å². The van der Waals surface area contributed by atoms with Crippen molar-refractivity contribution < 1.29 is 9.53 Å². The van der Waals surface area contributed by atoms with E-state index >= 15 is 0 Å². The number of pyridine rings is 1. The van der Waals surface area contributed by atoms with E-state index in [1.54, 1.807) is 12.3 Å². The highest BCUT2D eigenvalue weighted by atomic mass is 16.5. The van der Waals surface area contributed by atoms with E-state index in [0.29, 0.717) is 17.9 Å². The maximum Gasteiger partial charge on any atom is 0.165 e. The first-order valence-electron chi connectivity index (χ1n) is 4.33. The van der Waals surface area contributed by atoms with Crippen LogP contribution in [0.2, 0.25) is 0 Å². The fraction of sp³-hybridized carbons (Fsp3) is 0.400. The van der Waals surface area contributed by atoms with Crippen LogP contribution in [-0.2, 0) is 0 Å². The number of carbonyl (C=O) groups excluding carboxylic acids is 1. The average molecular weight is 179 g/mol. The summed E-state index contributed by atoms with van der Waals surface area (Å²) >= 11 is 0. The molecule has 1 aromatic heterocycles. The fourth-order valence-corrected chi connectivity index (χ4v) is 0.984. The number of hydrogen-bond donors (Lipinski definition) is 0. The van der Waals surface area contributed by atoms with E-state index in [2.05, 4.69) is 4.98 Å². The summed E-state index contributed by atoms with van der Waals surface area (Å²) < 4.78 is 5.39. The van der Waals surface area contributed by atoms with Crippen molar-refractivity contribution in [3.05, 3.63) is 24.0 Å². The van der Waals surface area contributed by atoms with Gasteiger partial charge in [0.05, 0.1) is 12.2 Å². The molecule has 0 amide bonds. The highest BCUT2D eigenvalue weighted by Crippen LogP contribution is 2.16. The normalized spacial score (nSPS) is 9.69. The zero-order valence-electron chi connectivity index (χ0n) is 7.91. The van der Waals surface area contributed by atoms with Crippen molar-refractivity contribution in [1.29, 1.82) is 0 Å². The molecule has 1 heterocycles. The second kappa shape index (κ2) is 4.60. The molecule has 3 nitrogen and oxygen atoms in total. The smallest absolute Gasteiger partial charge is 0.165 e. The Balaban J connectivity index is 2.84. The van der Waals surface area contributed by atoms with Gasteiger partial charge in [-0.2, -0.15) is 0 Å². The molecule has 1 rings (SSSR count). The van der Waals surface area contributed by atoms with Crippen molar-refractivity contribution >= 4 is 5.78 Å². The molecule has 0 aliphatic carbocycles. The van der Waals surface area contributed by atoms with Gasteiger partial charge in [-0.15, -0.1) is 0 Å². The van der Waals surface area contributed by atoms with Crippen molar-refractivity contribution in [2.75, 3.05) is 6.61 Å². The second-order valence-corrected chi connectivity index (χ2v) is 2.78. The molecule has 3 heteroatoms. The second-order valence-electron chi connectivity index (χ2n) is 2.78. The van der Waals surface area contributed by atoms with E-state index in [1.165, 1.54) is 13.1 Å². The third-order valence-corrected chi connectivity index (χ3v) is 1.62. The van der Waals surface area contributed by atoms with Crippen LogP contribution in [0, 0.1) is 0 Å². The van der Waals surface area contributed by atoms with Crippen LogP contribution in [0.25, 0.3) is 0 Å². The molecule has 0 aromatic carbocycles. The Morgan fingerprint density at radius 3 is 3.00 bits per heavy atom. The first kappa shape index (κ1) is 9.71. The quantitative estimate of drug-likeness (QED) is 0.664. The summed E-state index contributed by atoms with van der Waals surface area (Å²) in [5.74, 6) is 0.614. The monoisotopic (exact) mass is 179 g/mol. The lowest BCUT2D eigenvalue weighted by Gasteiger charge is -2.07. The number of ketones is 1. The van der Waals surface area contributed by atoms with Crippen LogP contribution in [0.1, 0.15) is 30.6 Å². The van der Waals surface area contributed by atoms with Crippen molar-refractivity contribution in [3.8, 4) is 5.75 Å². The highest BCUT2D eigenvalue weighted by Gasteiger charge is 2.06. The molecular formula is C10H13NO2. The molecule has 0 aliphatic rings. The Morgan fingerprint density at radius 2 is 2.38 bits per heavy atom. The predicted octanol–water partition coefficient (Wildman–Crippen LogP) is 2.07. The Hall–Kier alpha value is -1.38. The summed E-state index contributed by atoms with van der Waals surface area (Å²) in [5.41, 5.74) is 0.552. The van der Waals surface area contributed by atoms with Crippen LogP contribution in [0.5, 0.6) is 5.75 Å². The highest BCUT2D eigenvalue weighted by molar-refractivity contribution is 5.96. The average Bonchev–Trinajstić information content (AvgIpc) is 2.15. The van der Waals surface area contributed by atoms with Gasteiger partial charge in [-0.1, -0.05) is 6.92 Å². The van der Waals surface area contributed by atoms with Gasteiger partial charge in [-0.05, 0) is 19.4 Å². The van der Waals surface area contributed by atoms with Crippen LogP contribution in [0.4, 0.5) is 0 Å². The summed E-state index contributed by atoms with van der Waals surface area (Å²) in [5, 5.41) is 0. The lowest BCUT2D eigenvalue weighted by Crippen LogP contribution is -2.02. The van der Waals surface area contributed by atoms with Gasteiger partial charge in [0.25, 0.3) is 0 Å². The van der Waals surface area contributed by atoms with Gasteiger partial charge in [-0.25, -0.2) is 0 Å². The molecule has 0 N–H and O–H groups in total. The van der Waals surface area contributed by atoms with Gasteiger partial charge in [-0.3, -0.25) is 9.78 Å². The molecule has 0 bridgehead atoms. The molecule has 1 aromatic rings. The molecule has 0 atom stereocenters. The molecule has 0 saturated carbocycles. The third kappa shape index (κ3) is 2.54. The van der Waals surface area contributed by atoms with E-state index in [1.807, 2.05) is 6.92 Å². The van der Waals surface area contributed by atoms with E-state index < -0.39 is 0 Å². The Kier molecular flexibility index (Phi) is 3.43. The van der Waals surface area contributed by atoms with Gasteiger partial charge in [0, 0.05) is 12.4 Å². The molecule has 0 aliphatic heterocycles.